The second-order valence-corrected chi connectivity index (χ2v) is 15.1. The van der Waals surface area contributed by atoms with E-state index < -0.39 is 24.8 Å². The minimum absolute atomic E-state index is 0.0225. The summed E-state index contributed by atoms with van der Waals surface area (Å²) in [5.74, 6) is 0.0550. The smallest absolute Gasteiger partial charge is 0.414 e. The zero-order valence-electron chi connectivity index (χ0n) is 30.0. The minimum atomic E-state index is -3.07. The van der Waals surface area contributed by atoms with Gasteiger partial charge in [0.25, 0.3) is 0 Å². The number of halogens is 4. The molecular formula is C41H41Cl2F2N3O7. The lowest BCUT2D eigenvalue weighted by Crippen LogP contribution is -2.53. The van der Waals surface area contributed by atoms with Crippen LogP contribution in [-0.2, 0) is 33.7 Å². The van der Waals surface area contributed by atoms with Gasteiger partial charge in [0, 0.05) is 24.2 Å². The number of carbonyl (C=O) groups excluding carboxylic acids is 2. The van der Waals surface area contributed by atoms with Crippen molar-refractivity contribution in [1.82, 2.24) is 4.90 Å². The van der Waals surface area contributed by atoms with Crippen LogP contribution < -0.4 is 19.1 Å². The molecule has 3 aromatic carbocycles. The van der Waals surface area contributed by atoms with Gasteiger partial charge in [0.15, 0.2) is 23.9 Å². The molecule has 1 saturated carbocycles. The van der Waals surface area contributed by atoms with Gasteiger partial charge in [-0.15, -0.1) is 0 Å². The molecule has 2 atom stereocenters. The van der Waals surface area contributed by atoms with E-state index in [4.69, 9.17) is 42.1 Å². The second kappa shape index (κ2) is 17.4. The molecule has 1 aliphatic carbocycles. The Balaban J connectivity index is 1.06. The number of benzene rings is 3. The van der Waals surface area contributed by atoms with Crippen molar-refractivity contribution in [3.8, 4) is 11.5 Å². The fourth-order valence-electron chi connectivity index (χ4n) is 7.08. The number of para-hydroxylation sites is 1. The van der Waals surface area contributed by atoms with E-state index in [2.05, 4.69) is 4.90 Å². The first-order valence-corrected chi connectivity index (χ1v) is 19.1. The number of rotatable bonds is 15. The predicted octanol–water partition coefficient (Wildman–Crippen LogP) is 8.32. The van der Waals surface area contributed by atoms with Crippen molar-refractivity contribution in [2.45, 2.75) is 63.9 Å². The van der Waals surface area contributed by atoms with E-state index in [0.717, 1.165) is 63.3 Å². The Labute approximate surface area is 328 Å². The molecule has 0 spiro atoms. The number of hydrogen-bond acceptors (Lipinski definition) is 8. The van der Waals surface area contributed by atoms with E-state index in [1.54, 1.807) is 17.0 Å². The summed E-state index contributed by atoms with van der Waals surface area (Å²) in [6.07, 6.45) is 4.65. The highest BCUT2D eigenvalue weighted by Gasteiger charge is 2.37. The van der Waals surface area contributed by atoms with Gasteiger partial charge in [-0.3, -0.25) is 14.6 Å². The molecule has 290 valence electrons. The van der Waals surface area contributed by atoms with Gasteiger partial charge in [-0.05, 0) is 91.6 Å². The number of pyridine rings is 1. The van der Waals surface area contributed by atoms with Crippen LogP contribution in [-0.4, -0.2) is 55.9 Å². The standard InChI is InChI=1S/C41H41Cl2F2N3O7/c42-33-22-47(51)23-34(43)32(33)20-36(30-12-13-35(54-40(44)45)37(19-30)52-25-28-10-11-28)53-39(49)18-26-6-8-27(9-7-26)21-48(31-4-2-1-3-5-31)41(50)55-38-24-46-16-14-29(38)15-17-46/h1-9,12-13,19,22-23,28-29,36,38,40H,10-11,14-18,20-21,24-25H2/t36-,38-/m0/s1. The molecule has 4 heterocycles. The van der Waals surface area contributed by atoms with Crippen molar-refractivity contribution in [2.75, 3.05) is 31.1 Å². The second-order valence-electron chi connectivity index (χ2n) is 14.3. The predicted molar refractivity (Wildman–Crippen MR) is 201 cm³/mol. The average Bonchev–Trinajstić information content (AvgIpc) is 4.00. The molecule has 1 aromatic heterocycles. The first kappa shape index (κ1) is 38.6. The molecular weight excluding hydrogens is 755 g/mol. The number of carbonyl (C=O) groups is 2. The number of ether oxygens (including phenoxy) is 4. The Morgan fingerprint density at radius 1 is 0.909 bits per heavy atom. The quantitative estimate of drug-likeness (QED) is 0.0673. The Morgan fingerprint density at radius 3 is 2.24 bits per heavy atom. The van der Waals surface area contributed by atoms with Crippen LogP contribution in [0.1, 0.15) is 54.0 Å². The third kappa shape index (κ3) is 10.2. The molecule has 4 fully saturated rings. The van der Waals surface area contributed by atoms with Crippen molar-refractivity contribution in [3.63, 3.8) is 0 Å². The van der Waals surface area contributed by atoms with Crippen LogP contribution in [0, 0.1) is 17.0 Å². The third-order valence-corrected chi connectivity index (χ3v) is 10.9. The van der Waals surface area contributed by atoms with Gasteiger partial charge < -0.3 is 24.2 Å². The lowest BCUT2D eigenvalue weighted by Gasteiger charge is -2.44. The maximum absolute atomic E-state index is 13.6. The lowest BCUT2D eigenvalue weighted by molar-refractivity contribution is -0.605. The van der Waals surface area contributed by atoms with Crippen molar-refractivity contribution in [1.29, 1.82) is 0 Å². The maximum atomic E-state index is 13.6. The van der Waals surface area contributed by atoms with Gasteiger partial charge in [-0.2, -0.15) is 13.5 Å². The van der Waals surface area contributed by atoms with E-state index in [9.17, 15) is 23.6 Å². The van der Waals surface area contributed by atoms with E-state index in [1.165, 1.54) is 18.2 Å². The number of hydrogen-bond donors (Lipinski definition) is 0. The first-order chi connectivity index (χ1) is 26.6. The van der Waals surface area contributed by atoms with E-state index in [0.29, 0.717) is 45.6 Å². The lowest BCUT2D eigenvalue weighted by atomic mass is 9.86. The van der Waals surface area contributed by atoms with Gasteiger partial charge in [0.05, 0.1) is 19.6 Å². The first-order valence-electron chi connectivity index (χ1n) is 18.4. The van der Waals surface area contributed by atoms with Crippen LogP contribution in [0.5, 0.6) is 11.5 Å². The number of anilines is 1. The summed E-state index contributed by atoms with van der Waals surface area (Å²) in [6.45, 7) is 0.358. The number of alkyl halides is 2. The summed E-state index contributed by atoms with van der Waals surface area (Å²) in [5.41, 5.74) is 2.99. The molecule has 1 amide bonds. The Kier molecular flexibility index (Phi) is 12.2. The zero-order valence-corrected chi connectivity index (χ0v) is 31.5. The van der Waals surface area contributed by atoms with Gasteiger partial charge in [0.1, 0.15) is 22.3 Å². The van der Waals surface area contributed by atoms with Crippen LogP contribution in [0.4, 0.5) is 19.3 Å². The highest BCUT2D eigenvalue weighted by Crippen LogP contribution is 2.38. The summed E-state index contributed by atoms with van der Waals surface area (Å²) in [5, 5.41) is 12.1. The number of esters is 1. The Hall–Kier alpha value is -4.65. The molecule has 8 rings (SSSR count). The summed E-state index contributed by atoms with van der Waals surface area (Å²) < 4.78 is 49.6. The largest absolute Gasteiger partial charge is 0.619 e. The molecule has 0 unspecified atom stereocenters. The summed E-state index contributed by atoms with van der Waals surface area (Å²) in [6, 6.07) is 21.0. The molecule has 0 N–H and O–H groups in total. The molecule has 10 nitrogen and oxygen atoms in total. The average molecular weight is 797 g/mol. The van der Waals surface area contributed by atoms with Crippen LogP contribution in [0.2, 0.25) is 10.0 Å². The minimum Gasteiger partial charge on any atom is -0.619 e. The van der Waals surface area contributed by atoms with Crippen molar-refractivity contribution in [2.24, 2.45) is 11.8 Å². The van der Waals surface area contributed by atoms with Crippen molar-refractivity contribution < 1.29 is 42.0 Å². The fourth-order valence-corrected chi connectivity index (χ4v) is 7.68. The monoisotopic (exact) mass is 795 g/mol. The van der Waals surface area contributed by atoms with Crippen molar-refractivity contribution in [3.05, 3.63) is 123 Å². The molecule has 3 aliphatic heterocycles. The molecule has 4 aromatic rings. The number of aromatic nitrogens is 1. The molecule has 2 bridgehead atoms. The SMILES string of the molecule is O=C(Cc1ccc(CN(C(=O)O[C@H]2CN3CCC2CC3)c2ccccc2)cc1)O[C@@H](Cc1c(Cl)c[n+]([O-])cc1Cl)c1ccc(OC(F)F)c(OCC2CC2)c1. The summed E-state index contributed by atoms with van der Waals surface area (Å²) in [4.78, 5) is 31.1. The molecule has 14 heteroatoms. The van der Waals surface area contributed by atoms with Crippen molar-refractivity contribution >= 4 is 41.0 Å². The Bertz CT molecular complexity index is 1940. The summed E-state index contributed by atoms with van der Waals surface area (Å²) >= 11 is 12.8. The molecule has 3 saturated heterocycles. The number of amides is 1. The van der Waals surface area contributed by atoms with E-state index >= 15 is 0 Å². The highest BCUT2D eigenvalue weighted by atomic mass is 35.5. The topological polar surface area (TPSA) is 104 Å². The van der Waals surface area contributed by atoms with Crippen LogP contribution in [0.3, 0.4) is 0 Å². The Morgan fingerprint density at radius 2 is 1.60 bits per heavy atom. The number of piperidine rings is 3. The van der Waals surface area contributed by atoms with E-state index in [-0.39, 0.29) is 47.0 Å². The molecule has 4 aliphatic rings. The van der Waals surface area contributed by atoms with Gasteiger partial charge in [-0.1, -0.05) is 71.7 Å². The normalized spacial score (nSPS) is 19.5. The van der Waals surface area contributed by atoms with Crippen LogP contribution >= 0.6 is 23.2 Å². The highest BCUT2D eigenvalue weighted by molar-refractivity contribution is 6.35. The van der Waals surface area contributed by atoms with Gasteiger partial charge in [0.2, 0.25) is 0 Å². The fraction of sp³-hybridized carbons (Fsp3) is 0.390. The number of nitrogens with zero attached hydrogens (tertiary/aromatic N) is 3. The van der Waals surface area contributed by atoms with Crippen LogP contribution in [0.25, 0.3) is 0 Å². The maximum Gasteiger partial charge on any atom is 0.414 e. The van der Waals surface area contributed by atoms with Crippen LogP contribution in [0.15, 0.2) is 85.2 Å². The molecule has 0 radical (unpaired) electrons. The van der Waals surface area contributed by atoms with Gasteiger partial charge in [-0.25, -0.2) is 4.79 Å². The summed E-state index contributed by atoms with van der Waals surface area (Å²) in [7, 11) is 0. The van der Waals surface area contributed by atoms with E-state index in [1.807, 2.05) is 42.5 Å². The number of fused-ring (bicyclic) bond motifs is 3. The zero-order chi connectivity index (χ0) is 38.5. The third-order valence-electron chi connectivity index (χ3n) is 10.3. The van der Waals surface area contributed by atoms with Gasteiger partial charge >= 0.3 is 18.7 Å². The molecule has 55 heavy (non-hydrogen) atoms.